The highest BCUT2D eigenvalue weighted by atomic mass is 35.5. The molecule has 1 aliphatic rings. The number of amides is 1. The molecule has 162 valence electrons. The number of ketones is 1. The minimum Gasteiger partial charge on any atom is -0.507 e. The molecule has 1 aliphatic heterocycles. The molecule has 2 aromatic carbocycles. The van der Waals surface area contributed by atoms with E-state index in [-0.39, 0.29) is 33.3 Å². The molecule has 0 saturated carbocycles. The highest BCUT2D eigenvalue weighted by Crippen LogP contribution is 2.45. The minimum absolute atomic E-state index is 0.0290. The minimum atomic E-state index is -1.17. The third-order valence-corrected chi connectivity index (χ3v) is 5.29. The van der Waals surface area contributed by atoms with Crippen molar-refractivity contribution in [2.45, 2.75) is 6.04 Å². The molecule has 1 amide bonds. The maximum absolute atomic E-state index is 14.0. The van der Waals surface area contributed by atoms with E-state index in [9.17, 15) is 24.2 Å². The number of phenols is 1. The van der Waals surface area contributed by atoms with Gasteiger partial charge in [-0.3, -0.25) is 19.5 Å². The molecule has 1 fully saturated rings. The summed E-state index contributed by atoms with van der Waals surface area (Å²) in [5.74, 6) is -3.53. The lowest BCUT2D eigenvalue weighted by molar-refractivity contribution is -0.132. The number of aromatic nitrogens is 1. The zero-order valence-electron chi connectivity index (χ0n) is 16.6. The summed E-state index contributed by atoms with van der Waals surface area (Å²) in [5, 5.41) is 21.7. The van der Waals surface area contributed by atoms with Crippen molar-refractivity contribution in [2.75, 3.05) is 12.0 Å². The predicted molar refractivity (Wildman–Crippen MR) is 115 cm³/mol. The molecule has 1 atom stereocenters. The Hall–Kier alpha value is -3.91. The molecule has 0 bridgehead atoms. The molecular formula is C23H16ClFN2O5. The number of carbonyl (C=O) groups excluding carboxylic acids is 2. The summed E-state index contributed by atoms with van der Waals surface area (Å²) in [6.07, 6.45) is 2.92. The van der Waals surface area contributed by atoms with Gasteiger partial charge in [-0.2, -0.15) is 0 Å². The lowest BCUT2D eigenvalue weighted by atomic mass is 9.95. The summed E-state index contributed by atoms with van der Waals surface area (Å²) in [7, 11) is 1.32. The number of rotatable bonds is 4. The number of hydrogen-bond donors (Lipinski definition) is 2. The Labute approximate surface area is 187 Å². The van der Waals surface area contributed by atoms with Crippen LogP contribution in [0.1, 0.15) is 17.2 Å². The molecule has 0 radical (unpaired) electrons. The fourth-order valence-corrected chi connectivity index (χ4v) is 3.80. The number of aromatic hydroxyl groups is 1. The third kappa shape index (κ3) is 3.54. The molecule has 0 aliphatic carbocycles. The van der Waals surface area contributed by atoms with Gasteiger partial charge >= 0.3 is 0 Å². The first-order valence-corrected chi connectivity index (χ1v) is 9.74. The van der Waals surface area contributed by atoms with Crippen LogP contribution in [0.3, 0.4) is 0 Å². The van der Waals surface area contributed by atoms with Crippen LogP contribution in [-0.4, -0.2) is 34.0 Å². The van der Waals surface area contributed by atoms with E-state index < -0.39 is 29.3 Å². The summed E-state index contributed by atoms with van der Waals surface area (Å²) in [5.41, 5.74) is -0.0670. The Bertz CT molecular complexity index is 1260. The standard InChI is InChI=1S/C23H16ClFN2O5/c1-32-18-7-5-14(25)10-15(18)21(29)19-20(12-3-2-8-26-11-12)27(23(31)22(19)30)16-9-13(24)4-6-17(16)28/h2-11,20,28-29H,1H3/b21-19+. The Kier molecular flexibility index (Phi) is 5.54. The van der Waals surface area contributed by atoms with Crippen molar-refractivity contribution in [1.29, 1.82) is 0 Å². The molecule has 4 rings (SSSR count). The molecule has 1 saturated heterocycles. The summed E-state index contributed by atoms with van der Waals surface area (Å²) in [6.45, 7) is 0. The van der Waals surface area contributed by atoms with Crippen molar-refractivity contribution in [2.24, 2.45) is 0 Å². The zero-order valence-corrected chi connectivity index (χ0v) is 17.4. The smallest absolute Gasteiger partial charge is 0.300 e. The Morgan fingerprint density at radius 2 is 1.97 bits per heavy atom. The van der Waals surface area contributed by atoms with Crippen LogP contribution < -0.4 is 9.64 Å². The maximum Gasteiger partial charge on any atom is 0.300 e. The number of aliphatic hydroxyl groups is 1. The molecule has 1 unspecified atom stereocenters. The predicted octanol–water partition coefficient (Wildman–Crippen LogP) is 4.21. The van der Waals surface area contributed by atoms with E-state index >= 15 is 0 Å². The van der Waals surface area contributed by atoms with Gasteiger partial charge in [-0.15, -0.1) is 0 Å². The van der Waals surface area contributed by atoms with Crippen molar-refractivity contribution in [3.8, 4) is 11.5 Å². The second-order valence-corrected chi connectivity index (χ2v) is 7.37. The number of hydrogen-bond acceptors (Lipinski definition) is 6. The van der Waals surface area contributed by atoms with Gasteiger partial charge in [-0.1, -0.05) is 17.7 Å². The SMILES string of the molecule is COc1ccc(F)cc1/C(O)=C1\C(=O)C(=O)N(c2cc(Cl)ccc2O)C1c1cccnc1. The zero-order chi connectivity index (χ0) is 23.0. The monoisotopic (exact) mass is 454 g/mol. The topological polar surface area (TPSA) is 100.0 Å². The van der Waals surface area contributed by atoms with Crippen molar-refractivity contribution < 1.29 is 28.9 Å². The molecule has 2 heterocycles. The fourth-order valence-electron chi connectivity index (χ4n) is 3.63. The summed E-state index contributed by atoms with van der Waals surface area (Å²) in [4.78, 5) is 31.2. The van der Waals surface area contributed by atoms with Gasteiger partial charge in [0.25, 0.3) is 11.7 Å². The van der Waals surface area contributed by atoms with E-state index in [1.807, 2.05) is 0 Å². The first kappa shape index (κ1) is 21.3. The van der Waals surface area contributed by atoms with Gasteiger partial charge in [-0.25, -0.2) is 4.39 Å². The lowest BCUT2D eigenvalue weighted by Gasteiger charge is -2.26. The molecule has 1 aromatic heterocycles. The number of halogens is 2. The number of carbonyl (C=O) groups is 2. The second-order valence-electron chi connectivity index (χ2n) is 6.93. The van der Waals surface area contributed by atoms with Gasteiger partial charge in [0.15, 0.2) is 0 Å². The van der Waals surface area contributed by atoms with Crippen LogP contribution in [0.5, 0.6) is 11.5 Å². The number of methoxy groups -OCH3 is 1. The van der Waals surface area contributed by atoms with Crippen LogP contribution in [0.15, 0.2) is 66.5 Å². The average molecular weight is 455 g/mol. The number of Topliss-reactive ketones (excluding diaryl/α,β-unsaturated/α-hetero) is 1. The molecule has 3 aromatic rings. The largest absolute Gasteiger partial charge is 0.507 e. The number of nitrogens with zero attached hydrogens (tertiary/aromatic N) is 2. The molecule has 7 nitrogen and oxygen atoms in total. The summed E-state index contributed by atoms with van der Waals surface area (Å²) >= 11 is 6.06. The van der Waals surface area contributed by atoms with Gasteiger partial charge < -0.3 is 14.9 Å². The van der Waals surface area contributed by atoms with Crippen LogP contribution in [0.25, 0.3) is 5.76 Å². The van der Waals surface area contributed by atoms with Gasteiger partial charge in [0.05, 0.1) is 30.0 Å². The van der Waals surface area contributed by atoms with E-state index in [4.69, 9.17) is 16.3 Å². The average Bonchev–Trinajstić information content (AvgIpc) is 3.06. The van der Waals surface area contributed by atoms with E-state index in [1.54, 1.807) is 12.1 Å². The fraction of sp³-hybridized carbons (Fsp3) is 0.0870. The van der Waals surface area contributed by atoms with Crippen molar-refractivity contribution in [3.63, 3.8) is 0 Å². The van der Waals surface area contributed by atoms with Crippen LogP contribution in [0, 0.1) is 5.82 Å². The van der Waals surface area contributed by atoms with Crippen molar-refractivity contribution in [1.82, 2.24) is 4.98 Å². The van der Waals surface area contributed by atoms with E-state index in [2.05, 4.69) is 4.98 Å². The normalized spacial score (nSPS) is 17.6. The van der Waals surface area contributed by atoms with E-state index in [1.165, 1.54) is 43.8 Å². The second kappa shape index (κ2) is 8.32. The van der Waals surface area contributed by atoms with Gasteiger partial charge in [0, 0.05) is 17.4 Å². The maximum atomic E-state index is 14.0. The Morgan fingerprint density at radius 1 is 1.19 bits per heavy atom. The molecule has 9 heteroatoms. The molecule has 0 spiro atoms. The quantitative estimate of drug-likeness (QED) is 0.348. The highest BCUT2D eigenvalue weighted by Gasteiger charge is 2.48. The Balaban J connectivity index is 2.01. The number of pyridine rings is 1. The van der Waals surface area contributed by atoms with Crippen LogP contribution >= 0.6 is 11.6 Å². The first-order valence-electron chi connectivity index (χ1n) is 9.37. The summed E-state index contributed by atoms with van der Waals surface area (Å²) in [6, 6.07) is 9.50. The number of aliphatic hydroxyl groups excluding tert-OH is 1. The van der Waals surface area contributed by atoms with Gasteiger partial charge in [-0.05, 0) is 48.0 Å². The molecule has 32 heavy (non-hydrogen) atoms. The number of phenolic OH excluding ortho intramolecular Hbond substituents is 1. The molecule has 2 N–H and O–H groups in total. The van der Waals surface area contributed by atoms with Gasteiger partial charge in [0.1, 0.15) is 23.1 Å². The number of benzene rings is 2. The van der Waals surface area contributed by atoms with Crippen LogP contribution in [0.2, 0.25) is 5.02 Å². The van der Waals surface area contributed by atoms with Gasteiger partial charge in [0.2, 0.25) is 0 Å². The lowest BCUT2D eigenvalue weighted by Crippen LogP contribution is -2.29. The molecular weight excluding hydrogens is 439 g/mol. The third-order valence-electron chi connectivity index (χ3n) is 5.06. The van der Waals surface area contributed by atoms with Crippen LogP contribution in [0.4, 0.5) is 10.1 Å². The first-order chi connectivity index (χ1) is 15.3. The number of ether oxygens (including phenoxy) is 1. The highest BCUT2D eigenvalue weighted by molar-refractivity contribution is 6.52. The Morgan fingerprint density at radius 3 is 2.66 bits per heavy atom. The van der Waals surface area contributed by atoms with Crippen LogP contribution in [-0.2, 0) is 9.59 Å². The van der Waals surface area contributed by atoms with Crippen molar-refractivity contribution >= 4 is 34.7 Å². The van der Waals surface area contributed by atoms with E-state index in [0.717, 1.165) is 17.0 Å². The van der Waals surface area contributed by atoms with E-state index in [0.29, 0.717) is 5.56 Å². The summed E-state index contributed by atoms with van der Waals surface area (Å²) < 4.78 is 19.1. The number of anilines is 1. The van der Waals surface area contributed by atoms with Crippen molar-refractivity contribution in [3.05, 3.63) is 88.5 Å².